The average Bonchev–Trinajstić information content (AvgIpc) is 2.71. The summed E-state index contributed by atoms with van der Waals surface area (Å²) in [6.07, 6.45) is 2.69. The molecule has 0 radical (unpaired) electrons. The number of hydrogen-bond donors (Lipinski definition) is 2. The lowest BCUT2D eigenvalue weighted by Crippen LogP contribution is -2.36. The number of carbonyl (C=O) groups is 1. The maximum atomic E-state index is 11.6. The molecule has 1 atom stereocenters. The lowest BCUT2D eigenvalue weighted by Gasteiger charge is -2.17. The third-order valence-electron chi connectivity index (χ3n) is 3.70. The third-order valence-corrected chi connectivity index (χ3v) is 3.70. The van der Waals surface area contributed by atoms with Crippen LogP contribution >= 0.6 is 0 Å². The van der Waals surface area contributed by atoms with Crippen molar-refractivity contribution in [3.05, 3.63) is 23.0 Å². The molecule has 0 saturated heterocycles. The summed E-state index contributed by atoms with van der Waals surface area (Å²) in [4.78, 5) is 16.1. The van der Waals surface area contributed by atoms with Gasteiger partial charge in [0.2, 0.25) is 5.91 Å². The zero-order valence-corrected chi connectivity index (χ0v) is 13.1. The molecule has 0 spiro atoms. The largest absolute Gasteiger partial charge is 0.368 e. The Morgan fingerprint density at radius 1 is 1.43 bits per heavy atom. The van der Waals surface area contributed by atoms with Gasteiger partial charge in [-0.3, -0.25) is 4.79 Å². The van der Waals surface area contributed by atoms with Crippen LogP contribution in [0, 0.1) is 20.8 Å². The standard InChI is InChI=1S/C15H23N5O/c1-5-6-7-12(14(16)21)18-13-8-9(2)17-15-10(3)11(4)19-20(13)15/h8,12,18H,5-7H2,1-4H3,(H2,16,21)/t12-/m1/s1. The second-order valence-corrected chi connectivity index (χ2v) is 5.47. The van der Waals surface area contributed by atoms with Crippen LogP contribution in [-0.2, 0) is 4.79 Å². The fraction of sp³-hybridized carbons (Fsp3) is 0.533. The van der Waals surface area contributed by atoms with Crippen LogP contribution in [0.4, 0.5) is 5.82 Å². The summed E-state index contributed by atoms with van der Waals surface area (Å²) in [5, 5.41) is 7.71. The smallest absolute Gasteiger partial charge is 0.239 e. The van der Waals surface area contributed by atoms with Gasteiger partial charge in [0.15, 0.2) is 5.65 Å². The molecule has 0 aliphatic heterocycles. The zero-order valence-electron chi connectivity index (χ0n) is 13.1. The van der Waals surface area contributed by atoms with Crippen LogP contribution < -0.4 is 11.1 Å². The Hall–Kier alpha value is -2.11. The van der Waals surface area contributed by atoms with Gasteiger partial charge in [-0.05, 0) is 27.2 Å². The number of primary amides is 1. The molecule has 0 saturated carbocycles. The number of nitrogens with one attached hydrogen (secondary N) is 1. The van der Waals surface area contributed by atoms with E-state index in [4.69, 9.17) is 5.73 Å². The van der Waals surface area contributed by atoms with Gasteiger partial charge in [-0.15, -0.1) is 0 Å². The molecule has 0 aliphatic carbocycles. The second-order valence-electron chi connectivity index (χ2n) is 5.47. The summed E-state index contributed by atoms with van der Waals surface area (Å²) in [5.41, 5.74) is 9.17. The number of anilines is 1. The Balaban J connectivity index is 2.40. The molecule has 2 rings (SSSR count). The first-order valence-electron chi connectivity index (χ1n) is 7.33. The Morgan fingerprint density at radius 2 is 2.14 bits per heavy atom. The lowest BCUT2D eigenvalue weighted by molar-refractivity contribution is -0.118. The predicted molar refractivity (Wildman–Crippen MR) is 83.3 cm³/mol. The van der Waals surface area contributed by atoms with Crippen LogP contribution in [0.1, 0.15) is 43.1 Å². The van der Waals surface area contributed by atoms with E-state index in [1.54, 1.807) is 4.52 Å². The molecule has 0 aromatic carbocycles. The van der Waals surface area contributed by atoms with E-state index in [1.807, 2.05) is 26.8 Å². The molecule has 6 nitrogen and oxygen atoms in total. The van der Waals surface area contributed by atoms with E-state index in [2.05, 4.69) is 22.3 Å². The van der Waals surface area contributed by atoms with Crippen molar-refractivity contribution in [1.29, 1.82) is 0 Å². The lowest BCUT2D eigenvalue weighted by atomic mass is 10.1. The molecule has 21 heavy (non-hydrogen) atoms. The number of nitrogens with two attached hydrogens (primary N) is 1. The molecule has 3 N–H and O–H groups in total. The van der Waals surface area contributed by atoms with Crippen LogP contribution in [-0.4, -0.2) is 26.5 Å². The molecule has 0 aliphatic rings. The van der Waals surface area contributed by atoms with Gasteiger partial charge < -0.3 is 11.1 Å². The van der Waals surface area contributed by atoms with Gasteiger partial charge in [-0.2, -0.15) is 9.61 Å². The van der Waals surface area contributed by atoms with Crippen molar-refractivity contribution in [2.24, 2.45) is 5.73 Å². The highest BCUT2D eigenvalue weighted by molar-refractivity contribution is 5.82. The van der Waals surface area contributed by atoms with E-state index in [0.29, 0.717) is 6.42 Å². The van der Waals surface area contributed by atoms with E-state index in [-0.39, 0.29) is 11.9 Å². The highest BCUT2D eigenvalue weighted by atomic mass is 16.1. The SMILES string of the molecule is CCCC[C@@H](Nc1cc(C)nc2c(C)c(C)nn12)C(N)=O. The minimum absolute atomic E-state index is 0.341. The maximum absolute atomic E-state index is 11.6. The van der Waals surface area contributed by atoms with E-state index in [0.717, 1.165) is 41.3 Å². The first-order chi connectivity index (χ1) is 9.93. The Labute approximate surface area is 124 Å². The van der Waals surface area contributed by atoms with Crippen molar-refractivity contribution in [1.82, 2.24) is 14.6 Å². The van der Waals surface area contributed by atoms with Crippen LogP contribution in [0.25, 0.3) is 5.65 Å². The van der Waals surface area contributed by atoms with E-state index >= 15 is 0 Å². The van der Waals surface area contributed by atoms with Crippen molar-refractivity contribution in [2.75, 3.05) is 5.32 Å². The molecule has 2 aromatic rings. The fourth-order valence-electron chi connectivity index (χ4n) is 2.33. The Kier molecular flexibility index (Phi) is 4.45. The van der Waals surface area contributed by atoms with Crippen molar-refractivity contribution in [2.45, 2.75) is 53.0 Å². The molecule has 0 unspecified atom stereocenters. The minimum Gasteiger partial charge on any atom is -0.368 e. The number of aryl methyl sites for hydroxylation is 3. The third kappa shape index (κ3) is 3.15. The quantitative estimate of drug-likeness (QED) is 0.853. The van der Waals surface area contributed by atoms with Crippen LogP contribution in [0.15, 0.2) is 6.07 Å². The molecule has 2 heterocycles. The number of rotatable bonds is 6. The summed E-state index contributed by atoms with van der Waals surface area (Å²) < 4.78 is 1.75. The Bertz CT molecular complexity index is 662. The highest BCUT2D eigenvalue weighted by Gasteiger charge is 2.18. The summed E-state index contributed by atoms with van der Waals surface area (Å²) >= 11 is 0. The molecule has 114 valence electrons. The molecular weight excluding hydrogens is 266 g/mol. The normalized spacial score (nSPS) is 12.6. The average molecular weight is 289 g/mol. The van der Waals surface area contributed by atoms with Crippen LogP contribution in [0.2, 0.25) is 0 Å². The summed E-state index contributed by atoms with van der Waals surface area (Å²) in [6.45, 7) is 7.97. The number of hydrogen-bond acceptors (Lipinski definition) is 4. The first kappa shape index (κ1) is 15.3. The van der Waals surface area contributed by atoms with Gasteiger partial charge in [0, 0.05) is 17.3 Å². The summed E-state index contributed by atoms with van der Waals surface area (Å²) in [5.74, 6) is 0.417. The van der Waals surface area contributed by atoms with E-state index < -0.39 is 0 Å². The van der Waals surface area contributed by atoms with Gasteiger partial charge in [-0.25, -0.2) is 4.98 Å². The van der Waals surface area contributed by atoms with Crippen molar-refractivity contribution in [3.8, 4) is 0 Å². The van der Waals surface area contributed by atoms with Crippen LogP contribution in [0.3, 0.4) is 0 Å². The number of nitrogens with zero attached hydrogens (tertiary/aromatic N) is 3. The molecule has 2 aromatic heterocycles. The fourth-order valence-corrected chi connectivity index (χ4v) is 2.33. The number of aromatic nitrogens is 3. The van der Waals surface area contributed by atoms with Gasteiger partial charge in [0.1, 0.15) is 11.9 Å². The van der Waals surface area contributed by atoms with Crippen LogP contribution in [0.5, 0.6) is 0 Å². The molecule has 0 fully saturated rings. The summed E-state index contributed by atoms with van der Waals surface area (Å²) in [7, 11) is 0. The number of unbranched alkanes of at least 4 members (excludes halogenated alkanes) is 1. The van der Waals surface area contributed by atoms with Crippen molar-refractivity contribution < 1.29 is 4.79 Å². The van der Waals surface area contributed by atoms with E-state index in [9.17, 15) is 4.79 Å². The Morgan fingerprint density at radius 3 is 2.76 bits per heavy atom. The topological polar surface area (TPSA) is 85.3 Å². The number of amides is 1. The van der Waals surface area contributed by atoms with Gasteiger partial charge >= 0.3 is 0 Å². The molecule has 6 heteroatoms. The number of carbonyl (C=O) groups excluding carboxylic acids is 1. The second kappa shape index (κ2) is 6.11. The van der Waals surface area contributed by atoms with Gasteiger partial charge in [0.05, 0.1) is 5.69 Å². The highest BCUT2D eigenvalue weighted by Crippen LogP contribution is 2.19. The monoisotopic (exact) mass is 289 g/mol. The zero-order chi connectivity index (χ0) is 15.6. The van der Waals surface area contributed by atoms with Gasteiger partial charge in [-0.1, -0.05) is 19.8 Å². The van der Waals surface area contributed by atoms with Crippen molar-refractivity contribution >= 4 is 17.4 Å². The van der Waals surface area contributed by atoms with E-state index in [1.165, 1.54) is 0 Å². The first-order valence-corrected chi connectivity index (χ1v) is 7.33. The maximum Gasteiger partial charge on any atom is 0.239 e. The predicted octanol–water partition coefficient (Wildman–Crippen LogP) is 2.11. The van der Waals surface area contributed by atoms with Gasteiger partial charge in [0.25, 0.3) is 0 Å². The number of fused-ring (bicyclic) bond motifs is 1. The molecule has 0 bridgehead atoms. The van der Waals surface area contributed by atoms with Crippen molar-refractivity contribution in [3.63, 3.8) is 0 Å². The minimum atomic E-state index is -0.389. The molecular formula is C15H23N5O. The molecule has 1 amide bonds. The summed E-state index contributed by atoms with van der Waals surface area (Å²) in [6, 6.07) is 1.50.